The molecular weight excluding hydrogens is 258 g/mol. The van der Waals surface area contributed by atoms with E-state index in [9.17, 15) is 0 Å². The molecule has 0 bridgehead atoms. The summed E-state index contributed by atoms with van der Waals surface area (Å²) in [6.07, 6.45) is 12.5. The highest BCUT2D eigenvalue weighted by molar-refractivity contribution is 5.27. The van der Waals surface area contributed by atoms with Crippen molar-refractivity contribution < 1.29 is 10.1 Å². The fourth-order valence-corrected chi connectivity index (χ4v) is 3.43. The standard InChI is InChI=1S/C19H31NO/c1-16(20-18-8-6-4-3-5-7-9-18)10-11-17-12-14-19(21-2)15-13-17/h12-16,18,20H,3-11H2,1-2H3/p+1/t16-/m0/s1. The zero-order chi connectivity index (χ0) is 14.9. The lowest BCUT2D eigenvalue weighted by molar-refractivity contribution is -0.720. The molecule has 1 aromatic rings. The van der Waals surface area contributed by atoms with Crippen molar-refractivity contribution in [2.45, 2.75) is 76.8 Å². The molecule has 1 saturated carbocycles. The molecule has 0 radical (unpaired) electrons. The minimum atomic E-state index is 0.733. The maximum absolute atomic E-state index is 5.21. The molecule has 0 unspecified atom stereocenters. The van der Waals surface area contributed by atoms with E-state index < -0.39 is 0 Å². The molecule has 0 aliphatic heterocycles. The van der Waals surface area contributed by atoms with Gasteiger partial charge in [0.15, 0.2) is 0 Å². The van der Waals surface area contributed by atoms with Crippen molar-refractivity contribution in [3.8, 4) is 5.75 Å². The average molecular weight is 290 g/mol. The van der Waals surface area contributed by atoms with Crippen molar-refractivity contribution in [3.05, 3.63) is 29.8 Å². The Bertz CT molecular complexity index is 379. The fraction of sp³-hybridized carbons (Fsp3) is 0.684. The van der Waals surface area contributed by atoms with Crippen LogP contribution in [0.2, 0.25) is 0 Å². The van der Waals surface area contributed by atoms with E-state index in [4.69, 9.17) is 4.74 Å². The molecule has 1 aliphatic carbocycles. The molecule has 2 rings (SSSR count). The SMILES string of the molecule is COc1ccc(CC[C@H](C)[NH2+]C2CCCCCCC2)cc1. The number of quaternary nitrogens is 1. The zero-order valence-corrected chi connectivity index (χ0v) is 13.8. The van der Waals surface area contributed by atoms with Gasteiger partial charge in [-0.15, -0.1) is 0 Å². The van der Waals surface area contributed by atoms with Crippen LogP contribution < -0.4 is 10.1 Å². The van der Waals surface area contributed by atoms with Gasteiger partial charge in [0, 0.05) is 6.42 Å². The molecule has 1 atom stereocenters. The quantitative estimate of drug-likeness (QED) is 0.849. The van der Waals surface area contributed by atoms with Crippen LogP contribution in [-0.4, -0.2) is 19.2 Å². The smallest absolute Gasteiger partial charge is 0.118 e. The third-order valence-corrected chi connectivity index (χ3v) is 4.80. The van der Waals surface area contributed by atoms with Crippen LogP contribution in [0.3, 0.4) is 0 Å². The van der Waals surface area contributed by atoms with Crippen molar-refractivity contribution in [2.75, 3.05) is 7.11 Å². The Morgan fingerprint density at radius 1 is 1.05 bits per heavy atom. The van der Waals surface area contributed by atoms with E-state index in [1.54, 1.807) is 7.11 Å². The first-order chi connectivity index (χ1) is 10.3. The summed E-state index contributed by atoms with van der Waals surface area (Å²) in [7, 11) is 1.72. The van der Waals surface area contributed by atoms with Crippen LogP contribution in [0.25, 0.3) is 0 Å². The molecule has 0 heterocycles. The Morgan fingerprint density at radius 3 is 2.29 bits per heavy atom. The Hall–Kier alpha value is -1.02. The second-order valence-corrected chi connectivity index (χ2v) is 6.66. The summed E-state index contributed by atoms with van der Waals surface area (Å²) >= 11 is 0. The molecular formula is C19H32NO+. The van der Waals surface area contributed by atoms with E-state index in [-0.39, 0.29) is 0 Å². The van der Waals surface area contributed by atoms with E-state index in [1.165, 1.54) is 63.4 Å². The highest BCUT2D eigenvalue weighted by Crippen LogP contribution is 2.16. The van der Waals surface area contributed by atoms with Crippen molar-refractivity contribution in [2.24, 2.45) is 0 Å². The maximum atomic E-state index is 5.21. The average Bonchev–Trinajstić information content (AvgIpc) is 2.48. The number of nitrogens with two attached hydrogens (primary N) is 1. The number of rotatable bonds is 6. The fourth-order valence-electron chi connectivity index (χ4n) is 3.43. The molecule has 2 nitrogen and oxygen atoms in total. The van der Waals surface area contributed by atoms with Gasteiger partial charge in [0.05, 0.1) is 19.2 Å². The zero-order valence-electron chi connectivity index (χ0n) is 13.8. The second-order valence-electron chi connectivity index (χ2n) is 6.66. The molecule has 0 aromatic heterocycles. The van der Waals surface area contributed by atoms with Crippen LogP contribution in [0.4, 0.5) is 0 Å². The molecule has 21 heavy (non-hydrogen) atoms. The van der Waals surface area contributed by atoms with Gasteiger partial charge in [-0.1, -0.05) is 31.4 Å². The van der Waals surface area contributed by atoms with Gasteiger partial charge in [0.25, 0.3) is 0 Å². The Labute approximate surface area is 130 Å². The minimum absolute atomic E-state index is 0.733. The summed E-state index contributed by atoms with van der Waals surface area (Å²) < 4.78 is 5.21. The number of hydrogen-bond acceptors (Lipinski definition) is 1. The summed E-state index contributed by atoms with van der Waals surface area (Å²) in [6, 6.07) is 10.1. The molecule has 0 spiro atoms. The van der Waals surface area contributed by atoms with Gasteiger partial charge in [-0.2, -0.15) is 0 Å². The molecule has 2 N–H and O–H groups in total. The largest absolute Gasteiger partial charge is 0.497 e. The van der Waals surface area contributed by atoms with Gasteiger partial charge < -0.3 is 10.1 Å². The molecule has 0 amide bonds. The van der Waals surface area contributed by atoms with Crippen LogP contribution in [0.15, 0.2) is 24.3 Å². The first-order valence-electron chi connectivity index (χ1n) is 8.76. The summed E-state index contributed by atoms with van der Waals surface area (Å²) in [6.45, 7) is 2.39. The summed E-state index contributed by atoms with van der Waals surface area (Å²) in [4.78, 5) is 0. The van der Waals surface area contributed by atoms with Crippen LogP contribution in [0.5, 0.6) is 5.75 Å². The molecule has 1 fully saturated rings. The van der Waals surface area contributed by atoms with Crippen LogP contribution in [0.1, 0.15) is 63.9 Å². The van der Waals surface area contributed by atoms with Gasteiger partial charge in [0.2, 0.25) is 0 Å². The monoisotopic (exact) mass is 290 g/mol. The Morgan fingerprint density at radius 2 is 1.67 bits per heavy atom. The van der Waals surface area contributed by atoms with Gasteiger partial charge in [0.1, 0.15) is 5.75 Å². The van der Waals surface area contributed by atoms with Gasteiger partial charge >= 0.3 is 0 Å². The van der Waals surface area contributed by atoms with Gasteiger partial charge in [-0.05, 0) is 56.7 Å². The molecule has 1 aliphatic rings. The predicted octanol–water partition coefficient (Wildman–Crippen LogP) is 3.69. The lowest BCUT2D eigenvalue weighted by atomic mass is 9.95. The van der Waals surface area contributed by atoms with Crippen molar-refractivity contribution in [1.29, 1.82) is 0 Å². The third kappa shape index (κ3) is 6.09. The van der Waals surface area contributed by atoms with Crippen LogP contribution >= 0.6 is 0 Å². The number of hydrogen-bond donors (Lipinski definition) is 1. The summed E-state index contributed by atoms with van der Waals surface area (Å²) in [5.74, 6) is 0.952. The van der Waals surface area contributed by atoms with E-state index in [0.29, 0.717) is 0 Å². The van der Waals surface area contributed by atoms with Crippen LogP contribution in [0, 0.1) is 0 Å². The molecule has 0 saturated heterocycles. The first kappa shape index (κ1) is 16.4. The number of aryl methyl sites for hydroxylation is 1. The van der Waals surface area contributed by atoms with Crippen molar-refractivity contribution >= 4 is 0 Å². The number of ether oxygens (including phenoxy) is 1. The number of benzene rings is 1. The molecule has 118 valence electrons. The molecule has 1 aromatic carbocycles. The van der Waals surface area contributed by atoms with Gasteiger partial charge in [-0.25, -0.2) is 0 Å². The van der Waals surface area contributed by atoms with E-state index in [1.807, 2.05) is 0 Å². The highest BCUT2D eigenvalue weighted by Gasteiger charge is 2.17. The van der Waals surface area contributed by atoms with Crippen LogP contribution in [-0.2, 0) is 6.42 Å². The predicted molar refractivity (Wildman–Crippen MR) is 88.8 cm³/mol. The van der Waals surface area contributed by atoms with Crippen molar-refractivity contribution in [3.63, 3.8) is 0 Å². The topological polar surface area (TPSA) is 25.8 Å². The van der Waals surface area contributed by atoms with E-state index >= 15 is 0 Å². The Kier molecular flexibility index (Phi) is 7.08. The highest BCUT2D eigenvalue weighted by atomic mass is 16.5. The summed E-state index contributed by atoms with van der Waals surface area (Å²) in [5.41, 5.74) is 1.42. The van der Waals surface area contributed by atoms with E-state index in [2.05, 4.69) is 36.5 Å². The third-order valence-electron chi connectivity index (χ3n) is 4.80. The second kappa shape index (κ2) is 9.09. The van der Waals surface area contributed by atoms with Gasteiger partial charge in [-0.3, -0.25) is 0 Å². The normalized spacial score (nSPS) is 18.8. The lowest BCUT2D eigenvalue weighted by Crippen LogP contribution is -2.94. The maximum Gasteiger partial charge on any atom is 0.118 e. The first-order valence-corrected chi connectivity index (χ1v) is 8.76. The number of methoxy groups -OCH3 is 1. The lowest BCUT2D eigenvalue weighted by Gasteiger charge is -2.22. The van der Waals surface area contributed by atoms with E-state index in [0.717, 1.165) is 17.8 Å². The minimum Gasteiger partial charge on any atom is -0.497 e. The van der Waals surface area contributed by atoms with Crippen molar-refractivity contribution in [1.82, 2.24) is 0 Å². The Balaban J connectivity index is 1.71. The molecule has 2 heteroatoms. The summed E-state index contributed by atoms with van der Waals surface area (Å²) in [5, 5.41) is 2.65.